The number of benzene rings is 1. The molecular formula is C14H13FN2. The SMILES string of the molecule is NC1Cc2cnc(-c3ccc(F)cc3)cc2C1. The second kappa shape index (κ2) is 3.93. The van der Waals surface area contributed by atoms with Crippen LogP contribution in [0, 0.1) is 5.82 Å². The van der Waals surface area contributed by atoms with Gasteiger partial charge < -0.3 is 5.73 Å². The quantitative estimate of drug-likeness (QED) is 0.813. The summed E-state index contributed by atoms with van der Waals surface area (Å²) in [6, 6.07) is 8.69. The second-order valence-corrected chi connectivity index (χ2v) is 4.51. The highest BCUT2D eigenvalue weighted by molar-refractivity contribution is 5.60. The third kappa shape index (κ3) is 1.94. The molecule has 0 radical (unpaired) electrons. The molecule has 0 saturated carbocycles. The van der Waals surface area contributed by atoms with Crippen LogP contribution in [0.1, 0.15) is 11.1 Å². The molecule has 2 nitrogen and oxygen atoms in total. The molecule has 1 atom stereocenters. The molecule has 0 bridgehead atoms. The van der Waals surface area contributed by atoms with E-state index >= 15 is 0 Å². The highest BCUT2D eigenvalue weighted by Gasteiger charge is 2.18. The molecule has 0 amide bonds. The number of nitrogens with two attached hydrogens (primary N) is 1. The molecule has 1 unspecified atom stereocenters. The molecule has 1 aromatic heterocycles. The summed E-state index contributed by atoms with van der Waals surface area (Å²) in [5.74, 6) is -0.225. The van der Waals surface area contributed by atoms with Crippen LogP contribution in [0.4, 0.5) is 4.39 Å². The Bertz CT molecular complexity index is 549. The molecule has 2 aromatic rings. The maximum Gasteiger partial charge on any atom is 0.123 e. The molecule has 3 heteroatoms. The zero-order valence-electron chi connectivity index (χ0n) is 9.36. The number of pyridine rings is 1. The lowest BCUT2D eigenvalue weighted by Gasteiger charge is -2.03. The molecule has 1 aromatic carbocycles. The van der Waals surface area contributed by atoms with E-state index in [-0.39, 0.29) is 11.9 Å². The summed E-state index contributed by atoms with van der Waals surface area (Å²) in [7, 11) is 0. The van der Waals surface area contributed by atoms with Crippen LogP contribution in [0.3, 0.4) is 0 Å². The van der Waals surface area contributed by atoms with Crippen molar-refractivity contribution in [1.82, 2.24) is 4.98 Å². The Labute approximate surface area is 99.3 Å². The minimum absolute atomic E-state index is 0.218. The Morgan fingerprint density at radius 2 is 1.82 bits per heavy atom. The molecule has 86 valence electrons. The summed E-state index contributed by atoms with van der Waals surface area (Å²) < 4.78 is 12.8. The van der Waals surface area contributed by atoms with Crippen LogP contribution < -0.4 is 5.73 Å². The molecule has 1 aliphatic carbocycles. The van der Waals surface area contributed by atoms with Gasteiger partial charge in [-0.3, -0.25) is 4.98 Å². The van der Waals surface area contributed by atoms with Gasteiger partial charge in [-0.15, -0.1) is 0 Å². The zero-order chi connectivity index (χ0) is 11.8. The molecule has 1 heterocycles. The Balaban J connectivity index is 2.00. The van der Waals surface area contributed by atoms with E-state index in [1.807, 2.05) is 6.20 Å². The molecule has 0 spiro atoms. The van der Waals surface area contributed by atoms with Crippen LogP contribution >= 0.6 is 0 Å². The predicted molar refractivity (Wildman–Crippen MR) is 65.0 cm³/mol. The maximum atomic E-state index is 12.8. The van der Waals surface area contributed by atoms with Crippen molar-refractivity contribution in [1.29, 1.82) is 0 Å². The van der Waals surface area contributed by atoms with Gasteiger partial charge in [0.15, 0.2) is 0 Å². The van der Waals surface area contributed by atoms with Crippen LogP contribution in [0.2, 0.25) is 0 Å². The van der Waals surface area contributed by atoms with Gasteiger partial charge in [0.05, 0.1) is 5.69 Å². The molecule has 17 heavy (non-hydrogen) atoms. The molecule has 0 aliphatic heterocycles. The minimum atomic E-state index is -0.225. The van der Waals surface area contributed by atoms with E-state index in [0.29, 0.717) is 0 Å². The van der Waals surface area contributed by atoms with E-state index in [4.69, 9.17) is 5.73 Å². The van der Waals surface area contributed by atoms with Gasteiger partial charge in [0.2, 0.25) is 0 Å². The maximum absolute atomic E-state index is 12.8. The van der Waals surface area contributed by atoms with Gasteiger partial charge in [0, 0.05) is 17.8 Å². The second-order valence-electron chi connectivity index (χ2n) is 4.51. The smallest absolute Gasteiger partial charge is 0.123 e. The van der Waals surface area contributed by atoms with E-state index in [2.05, 4.69) is 11.1 Å². The summed E-state index contributed by atoms with van der Waals surface area (Å²) >= 11 is 0. The van der Waals surface area contributed by atoms with Crippen molar-refractivity contribution in [3.63, 3.8) is 0 Å². The predicted octanol–water partition coefficient (Wildman–Crippen LogP) is 2.31. The lowest BCUT2D eigenvalue weighted by molar-refractivity contribution is 0.628. The van der Waals surface area contributed by atoms with Crippen molar-refractivity contribution in [2.45, 2.75) is 18.9 Å². The average molecular weight is 228 g/mol. The molecule has 1 aliphatic rings. The van der Waals surface area contributed by atoms with E-state index in [0.717, 1.165) is 24.1 Å². The van der Waals surface area contributed by atoms with Crippen molar-refractivity contribution >= 4 is 0 Å². The fraction of sp³-hybridized carbons (Fsp3) is 0.214. The molecule has 0 saturated heterocycles. The number of rotatable bonds is 1. The van der Waals surface area contributed by atoms with Crippen molar-refractivity contribution in [2.75, 3.05) is 0 Å². The lowest BCUT2D eigenvalue weighted by atomic mass is 10.1. The number of hydrogen-bond donors (Lipinski definition) is 1. The summed E-state index contributed by atoms with van der Waals surface area (Å²) in [6.45, 7) is 0. The minimum Gasteiger partial charge on any atom is -0.327 e. The normalized spacial score (nSPS) is 18.1. The molecular weight excluding hydrogens is 215 g/mol. The number of nitrogens with zero attached hydrogens (tertiary/aromatic N) is 1. The summed E-state index contributed by atoms with van der Waals surface area (Å²) in [6.07, 6.45) is 3.71. The number of aromatic nitrogens is 1. The van der Waals surface area contributed by atoms with Crippen LogP contribution in [-0.2, 0) is 12.8 Å². The fourth-order valence-corrected chi connectivity index (χ4v) is 2.31. The van der Waals surface area contributed by atoms with E-state index < -0.39 is 0 Å². The first kappa shape index (κ1) is 10.4. The van der Waals surface area contributed by atoms with Crippen molar-refractivity contribution in [2.24, 2.45) is 5.73 Å². The highest BCUT2D eigenvalue weighted by Crippen LogP contribution is 2.25. The van der Waals surface area contributed by atoms with Gasteiger partial charge in [-0.25, -0.2) is 4.39 Å². The standard InChI is InChI=1S/C14H13FN2/c15-12-3-1-9(2-4-12)14-7-10-5-13(16)6-11(10)8-17-14/h1-4,7-8,13H,5-6,16H2. The van der Waals surface area contributed by atoms with Gasteiger partial charge in [-0.1, -0.05) is 0 Å². The third-order valence-corrected chi connectivity index (χ3v) is 3.19. The summed E-state index contributed by atoms with van der Waals surface area (Å²) in [5, 5.41) is 0. The van der Waals surface area contributed by atoms with Crippen LogP contribution in [0.15, 0.2) is 36.5 Å². The van der Waals surface area contributed by atoms with Gasteiger partial charge in [-0.2, -0.15) is 0 Å². The largest absolute Gasteiger partial charge is 0.327 e. The Morgan fingerprint density at radius 1 is 1.12 bits per heavy atom. The lowest BCUT2D eigenvalue weighted by Crippen LogP contribution is -2.18. The zero-order valence-corrected chi connectivity index (χ0v) is 9.36. The van der Waals surface area contributed by atoms with E-state index in [1.165, 1.54) is 23.3 Å². The highest BCUT2D eigenvalue weighted by atomic mass is 19.1. The Morgan fingerprint density at radius 3 is 2.59 bits per heavy atom. The van der Waals surface area contributed by atoms with Gasteiger partial charge in [0.1, 0.15) is 5.82 Å². The summed E-state index contributed by atoms with van der Waals surface area (Å²) in [4.78, 5) is 4.41. The fourth-order valence-electron chi connectivity index (χ4n) is 2.31. The number of fused-ring (bicyclic) bond motifs is 1. The van der Waals surface area contributed by atoms with Crippen LogP contribution in [0.25, 0.3) is 11.3 Å². The van der Waals surface area contributed by atoms with Crippen molar-refractivity contribution < 1.29 is 4.39 Å². The third-order valence-electron chi connectivity index (χ3n) is 3.19. The first-order valence-corrected chi connectivity index (χ1v) is 5.72. The van der Waals surface area contributed by atoms with Gasteiger partial charge >= 0.3 is 0 Å². The molecule has 3 rings (SSSR count). The molecule has 0 fully saturated rings. The van der Waals surface area contributed by atoms with E-state index in [9.17, 15) is 4.39 Å². The van der Waals surface area contributed by atoms with Crippen LogP contribution in [0.5, 0.6) is 0 Å². The molecule has 2 N–H and O–H groups in total. The Kier molecular flexibility index (Phi) is 2.41. The first-order valence-electron chi connectivity index (χ1n) is 5.72. The topological polar surface area (TPSA) is 38.9 Å². The van der Waals surface area contributed by atoms with Gasteiger partial charge in [-0.05, 0) is 54.3 Å². The van der Waals surface area contributed by atoms with E-state index in [1.54, 1.807) is 12.1 Å². The summed E-state index contributed by atoms with van der Waals surface area (Å²) in [5.41, 5.74) is 10.3. The number of hydrogen-bond acceptors (Lipinski definition) is 2. The first-order chi connectivity index (χ1) is 8.22. The van der Waals surface area contributed by atoms with Crippen molar-refractivity contribution in [3.8, 4) is 11.3 Å². The van der Waals surface area contributed by atoms with Gasteiger partial charge in [0.25, 0.3) is 0 Å². The number of halogens is 1. The van der Waals surface area contributed by atoms with Crippen LogP contribution in [-0.4, -0.2) is 11.0 Å². The average Bonchev–Trinajstić information content (AvgIpc) is 2.69. The van der Waals surface area contributed by atoms with Crippen molar-refractivity contribution in [3.05, 3.63) is 53.5 Å². The monoisotopic (exact) mass is 228 g/mol. The Hall–Kier alpha value is -1.74.